The van der Waals surface area contributed by atoms with Crippen LogP contribution in [0.1, 0.15) is 11.1 Å². The van der Waals surface area contributed by atoms with Crippen LogP contribution in [0.4, 0.5) is 11.5 Å². The molecule has 0 bridgehead atoms. The highest BCUT2D eigenvalue weighted by atomic mass is 35.5. The summed E-state index contributed by atoms with van der Waals surface area (Å²) in [6.07, 6.45) is 3.02. The molecule has 11 heteroatoms. The maximum Gasteiger partial charge on any atom is 0.263 e. The third-order valence-electron chi connectivity index (χ3n) is 5.68. The predicted octanol–water partition coefficient (Wildman–Crippen LogP) is 4.20. The zero-order chi connectivity index (χ0) is 24.6. The lowest BCUT2D eigenvalue weighted by Crippen LogP contribution is -2.28. The van der Waals surface area contributed by atoms with Gasteiger partial charge in [-0.05, 0) is 42.3 Å². The largest absolute Gasteiger partial charge is 0.490 e. The Kier molecular flexibility index (Phi) is 6.08. The summed E-state index contributed by atoms with van der Waals surface area (Å²) in [5.74, 6) is 1.05. The maximum atomic E-state index is 13.2. The Morgan fingerprint density at radius 2 is 2.00 bits per heavy atom. The van der Waals surface area contributed by atoms with E-state index in [9.17, 15) is 8.42 Å². The van der Waals surface area contributed by atoms with Crippen LogP contribution >= 0.6 is 11.6 Å². The second-order valence-electron chi connectivity index (χ2n) is 8.06. The van der Waals surface area contributed by atoms with E-state index in [0.717, 1.165) is 23.5 Å². The predicted molar refractivity (Wildman–Crippen MR) is 134 cm³/mol. The third kappa shape index (κ3) is 4.67. The molecule has 9 nitrogen and oxygen atoms in total. The molecule has 0 saturated carbocycles. The summed E-state index contributed by atoms with van der Waals surface area (Å²) in [5, 5.41) is 0.350. The van der Waals surface area contributed by atoms with Gasteiger partial charge >= 0.3 is 0 Å². The topological polar surface area (TPSA) is 107 Å². The van der Waals surface area contributed by atoms with Gasteiger partial charge in [0.2, 0.25) is 0 Å². The van der Waals surface area contributed by atoms with Crippen molar-refractivity contribution >= 4 is 44.3 Å². The second-order valence-corrected chi connectivity index (χ2v) is 10.1. The third-order valence-corrected chi connectivity index (χ3v) is 7.57. The van der Waals surface area contributed by atoms with Gasteiger partial charge in [-0.1, -0.05) is 23.7 Å². The quantitative estimate of drug-likeness (QED) is 0.410. The van der Waals surface area contributed by atoms with E-state index in [4.69, 9.17) is 21.1 Å². The Bertz CT molecular complexity index is 1530. The molecule has 35 heavy (non-hydrogen) atoms. The minimum absolute atomic E-state index is 0.00999. The van der Waals surface area contributed by atoms with Crippen LogP contribution < -0.4 is 19.1 Å². The number of fused-ring (bicyclic) bond motifs is 2. The van der Waals surface area contributed by atoms with Gasteiger partial charge in [-0.25, -0.2) is 18.4 Å². The van der Waals surface area contributed by atoms with Gasteiger partial charge in [-0.15, -0.1) is 0 Å². The Morgan fingerprint density at radius 3 is 2.86 bits per heavy atom. The second kappa shape index (κ2) is 9.20. The van der Waals surface area contributed by atoms with Gasteiger partial charge in [0.25, 0.3) is 10.0 Å². The molecule has 0 aliphatic carbocycles. The lowest BCUT2D eigenvalue weighted by molar-refractivity contribution is 0.302. The molecule has 1 aliphatic rings. The summed E-state index contributed by atoms with van der Waals surface area (Å²) in [5.41, 5.74) is 3.05. The standard InChI is InChI=1S/C24H22ClN5O4S/c1-15-17(25)4-3-5-22(15)35(31,32)29-24-21(13-18-23(28-24)27-9-8-26-18)34-14-16-6-7-20-19(12-16)30(2)10-11-33-20/h3-9,12-13H,10-11,14H2,1-2H3,(H,27,28,29). The monoisotopic (exact) mass is 511 g/mol. The van der Waals surface area contributed by atoms with Crippen molar-refractivity contribution in [2.24, 2.45) is 0 Å². The van der Waals surface area contributed by atoms with E-state index >= 15 is 0 Å². The molecule has 2 aromatic carbocycles. The molecule has 0 fully saturated rings. The summed E-state index contributed by atoms with van der Waals surface area (Å²) in [6, 6.07) is 12.1. The number of benzene rings is 2. The minimum Gasteiger partial charge on any atom is -0.490 e. The molecule has 4 aromatic rings. The molecule has 5 rings (SSSR count). The first kappa shape index (κ1) is 23.1. The molecule has 1 aliphatic heterocycles. The highest BCUT2D eigenvalue weighted by molar-refractivity contribution is 7.92. The van der Waals surface area contributed by atoms with Crippen molar-refractivity contribution in [2.45, 2.75) is 18.4 Å². The van der Waals surface area contributed by atoms with Crippen LogP contribution in [-0.4, -0.2) is 43.6 Å². The summed E-state index contributed by atoms with van der Waals surface area (Å²) in [4.78, 5) is 15.0. The van der Waals surface area contributed by atoms with E-state index in [1.807, 2.05) is 25.2 Å². The van der Waals surface area contributed by atoms with Crippen molar-refractivity contribution < 1.29 is 17.9 Å². The van der Waals surface area contributed by atoms with Crippen LogP contribution in [0.5, 0.6) is 11.5 Å². The zero-order valence-corrected chi connectivity index (χ0v) is 20.6. The number of halogens is 1. The zero-order valence-electron chi connectivity index (χ0n) is 19.0. The number of anilines is 2. The molecular formula is C24H22ClN5O4S. The Morgan fingerprint density at radius 1 is 1.17 bits per heavy atom. The molecule has 0 radical (unpaired) electrons. The van der Waals surface area contributed by atoms with Crippen LogP contribution in [0.15, 0.2) is 59.8 Å². The molecular weight excluding hydrogens is 490 g/mol. The molecule has 2 aromatic heterocycles. The van der Waals surface area contributed by atoms with Gasteiger partial charge < -0.3 is 14.4 Å². The van der Waals surface area contributed by atoms with E-state index in [-0.39, 0.29) is 28.7 Å². The number of likely N-dealkylation sites (N-methyl/N-ethyl adjacent to an activating group) is 1. The molecule has 180 valence electrons. The summed E-state index contributed by atoms with van der Waals surface area (Å²) in [6.45, 7) is 3.25. The highest BCUT2D eigenvalue weighted by Gasteiger charge is 2.22. The van der Waals surface area contributed by atoms with Gasteiger partial charge in [-0.2, -0.15) is 0 Å². The fourth-order valence-corrected chi connectivity index (χ4v) is 5.29. The van der Waals surface area contributed by atoms with Crippen LogP contribution in [0.25, 0.3) is 11.2 Å². The van der Waals surface area contributed by atoms with Crippen LogP contribution in [0, 0.1) is 6.92 Å². The number of pyridine rings is 1. The Labute approximate surface area is 207 Å². The first-order valence-electron chi connectivity index (χ1n) is 10.8. The van der Waals surface area contributed by atoms with Crippen LogP contribution in [0.2, 0.25) is 5.02 Å². The highest BCUT2D eigenvalue weighted by Crippen LogP contribution is 2.33. The molecule has 0 atom stereocenters. The average Bonchev–Trinajstić information content (AvgIpc) is 2.84. The molecule has 0 saturated heterocycles. The summed E-state index contributed by atoms with van der Waals surface area (Å²) in [7, 11) is -2.01. The van der Waals surface area contributed by atoms with Gasteiger partial charge in [0.1, 0.15) is 24.5 Å². The van der Waals surface area contributed by atoms with Crippen LogP contribution in [-0.2, 0) is 16.6 Å². The van der Waals surface area contributed by atoms with Gasteiger partial charge in [-0.3, -0.25) is 9.71 Å². The number of nitrogens with one attached hydrogen (secondary N) is 1. The van der Waals surface area contributed by atoms with Crippen molar-refractivity contribution in [3.8, 4) is 11.5 Å². The fourth-order valence-electron chi connectivity index (χ4n) is 3.77. The maximum absolute atomic E-state index is 13.2. The number of ether oxygens (including phenoxy) is 2. The van der Waals surface area contributed by atoms with Crippen LogP contribution in [0.3, 0.4) is 0 Å². The lowest BCUT2D eigenvalue weighted by atomic mass is 10.1. The number of rotatable bonds is 6. The van der Waals surface area contributed by atoms with E-state index in [1.165, 1.54) is 18.5 Å². The van der Waals surface area contributed by atoms with Crippen molar-refractivity contribution in [2.75, 3.05) is 29.8 Å². The van der Waals surface area contributed by atoms with E-state index in [2.05, 4.69) is 24.6 Å². The van der Waals surface area contributed by atoms with Crippen molar-refractivity contribution in [3.63, 3.8) is 0 Å². The number of hydrogen-bond donors (Lipinski definition) is 1. The summed E-state index contributed by atoms with van der Waals surface area (Å²) >= 11 is 6.15. The van der Waals surface area contributed by atoms with Gasteiger partial charge in [0, 0.05) is 30.5 Å². The van der Waals surface area contributed by atoms with Crippen molar-refractivity contribution in [1.82, 2.24) is 15.0 Å². The van der Waals surface area contributed by atoms with E-state index in [0.29, 0.717) is 22.7 Å². The van der Waals surface area contributed by atoms with Crippen molar-refractivity contribution in [1.29, 1.82) is 0 Å². The van der Waals surface area contributed by atoms with E-state index in [1.54, 1.807) is 25.1 Å². The average molecular weight is 512 g/mol. The normalized spacial score (nSPS) is 13.3. The molecule has 0 amide bonds. The number of hydrogen-bond acceptors (Lipinski definition) is 8. The van der Waals surface area contributed by atoms with Gasteiger partial charge in [0.05, 0.1) is 17.1 Å². The molecule has 1 N–H and O–H groups in total. The van der Waals surface area contributed by atoms with E-state index < -0.39 is 10.0 Å². The molecule has 0 spiro atoms. The smallest absolute Gasteiger partial charge is 0.263 e. The SMILES string of the molecule is Cc1c(Cl)cccc1S(=O)(=O)Nc1nc2nccnc2cc1OCc1ccc2c(c1)N(C)CCO2. The molecule has 3 heterocycles. The first-order chi connectivity index (χ1) is 16.8. The Balaban J connectivity index is 1.48. The summed E-state index contributed by atoms with van der Waals surface area (Å²) < 4.78 is 40.7. The van der Waals surface area contributed by atoms with Gasteiger partial charge in [0.15, 0.2) is 17.2 Å². The number of nitrogens with zero attached hydrogens (tertiary/aromatic N) is 4. The molecule has 0 unspecified atom stereocenters. The van der Waals surface area contributed by atoms with Crippen molar-refractivity contribution in [3.05, 3.63) is 71.0 Å². The Hall–Kier alpha value is -3.63. The fraction of sp³-hybridized carbons (Fsp3) is 0.208. The first-order valence-corrected chi connectivity index (χ1v) is 12.7. The number of aromatic nitrogens is 3. The minimum atomic E-state index is -4.01. The number of sulfonamides is 1. The lowest BCUT2D eigenvalue weighted by Gasteiger charge is -2.28.